The van der Waals surface area contributed by atoms with Crippen molar-refractivity contribution in [1.29, 1.82) is 0 Å². The van der Waals surface area contributed by atoms with E-state index >= 15 is 0 Å². The van der Waals surface area contributed by atoms with Gasteiger partial charge in [0.25, 0.3) is 5.91 Å². The quantitative estimate of drug-likeness (QED) is 0.518. The van der Waals surface area contributed by atoms with E-state index in [2.05, 4.69) is 38.5 Å². The van der Waals surface area contributed by atoms with Crippen molar-refractivity contribution in [3.63, 3.8) is 0 Å². The second kappa shape index (κ2) is 6.54. The van der Waals surface area contributed by atoms with Crippen LogP contribution in [0, 0.1) is 3.57 Å². The largest absolute Gasteiger partial charge is 0.373 e. The molecule has 3 nitrogen and oxygen atoms in total. The third-order valence-corrected chi connectivity index (χ3v) is 4.46. The number of ether oxygens (including phenoxy) is 1. The van der Waals surface area contributed by atoms with Crippen LogP contribution in [-0.2, 0) is 4.74 Å². The zero-order valence-corrected chi connectivity index (χ0v) is 14.0. The number of benzene rings is 1. The van der Waals surface area contributed by atoms with Crippen molar-refractivity contribution < 1.29 is 9.53 Å². The molecule has 6 heteroatoms. The van der Waals surface area contributed by atoms with Gasteiger partial charge in [0.05, 0.1) is 24.2 Å². The maximum Gasteiger partial charge on any atom is 0.255 e. The molecule has 1 unspecified atom stereocenters. The average Bonchev–Trinajstić information content (AvgIpc) is 2.41. The Kier molecular flexibility index (Phi) is 5.29. The highest BCUT2D eigenvalue weighted by atomic mass is 127. The van der Waals surface area contributed by atoms with Crippen molar-refractivity contribution >= 4 is 56.0 Å². The summed E-state index contributed by atoms with van der Waals surface area (Å²) in [6, 6.07) is 5.74. The van der Waals surface area contributed by atoms with Gasteiger partial charge < -0.3 is 9.64 Å². The summed E-state index contributed by atoms with van der Waals surface area (Å²) >= 11 is 11.4. The molecule has 1 aliphatic heterocycles. The van der Waals surface area contributed by atoms with E-state index in [0.717, 1.165) is 8.04 Å². The van der Waals surface area contributed by atoms with E-state index < -0.39 is 0 Å². The van der Waals surface area contributed by atoms with Crippen molar-refractivity contribution in [2.24, 2.45) is 0 Å². The standard InChI is InChI=1S/C12H12BrClINO2/c13-11-2-1-8(15)5-10(11)12(17)16-3-4-18-9(6-14)7-16/h1-2,5,9H,3-4,6-7H2. The molecule has 0 saturated carbocycles. The summed E-state index contributed by atoms with van der Waals surface area (Å²) in [4.78, 5) is 14.2. The molecule has 1 saturated heterocycles. The number of nitrogens with zero attached hydrogens (tertiary/aromatic N) is 1. The highest BCUT2D eigenvalue weighted by Crippen LogP contribution is 2.22. The van der Waals surface area contributed by atoms with Crippen molar-refractivity contribution in [3.8, 4) is 0 Å². The normalized spacial score (nSPS) is 19.9. The topological polar surface area (TPSA) is 29.5 Å². The van der Waals surface area contributed by atoms with Crippen LogP contribution in [0.5, 0.6) is 0 Å². The number of hydrogen-bond acceptors (Lipinski definition) is 2. The van der Waals surface area contributed by atoms with E-state index in [0.29, 0.717) is 31.1 Å². The van der Waals surface area contributed by atoms with Gasteiger partial charge in [-0.2, -0.15) is 0 Å². The summed E-state index contributed by atoms with van der Waals surface area (Å²) < 4.78 is 7.32. The van der Waals surface area contributed by atoms with Crippen LogP contribution in [0.2, 0.25) is 0 Å². The fourth-order valence-electron chi connectivity index (χ4n) is 1.83. The van der Waals surface area contributed by atoms with Gasteiger partial charge in [-0.15, -0.1) is 11.6 Å². The lowest BCUT2D eigenvalue weighted by molar-refractivity contribution is -0.0108. The molecule has 98 valence electrons. The van der Waals surface area contributed by atoms with Gasteiger partial charge in [-0.3, -0.25) is 4.79 Å². The van der Waals surface area contributed by atoms with Crippen LogP contribution < -0.4 is 0 Å². The number of amides is 1. The van der Waals surface area contributed by atoms with Crippen LogP contribution >= 0.6 is 50.1 Å². The molecule has 1 aromatic carbocycles. The summed E-state index contributed by atoms with van der Waals surface area (Å²) in [5.41, 5.74) is 0.692. The molecule has 0 N–H and O–H groups in total. The Hall–Kier alpha value is 0.150. The van der Waals surface area contributed by atoms with Gasteiger partial charge in [-0.05, 0) is 56.7 Å². The number of carbonyl (C=O) groups is 1. The SMILES string of the molecule is O=C(c1cc(I)ccc1Br)N1CCOC(CCl)C1. The zero-order valence-electron chi connectivity index (χ0n) is 9.54. The van der Waals surface area contributed by atoms with Gasteiger partial charge in [0.1, 0.15) is 0 Å². The Morgan fingerprint density at radius 1 is 1.61 bits per heavy atom. The summed E-state index contributed by atoms with van der Waals surface area (Å²) in [5.74, 6) is 0.441. The number of hydrogen-bond donors (Lipinski definition) is 0. The number of halogens is 3. The first-order valence-electron chi connectivity index (χ1n) is 5.53. The fourth-order valence-corrected chi connectivity index (χ4v) is 2.92. The van der Waals surface area contributed by atoms with Gasteiger partial charge in [0, 0.05) is 21.1 Å². The Bertz CT molecular complexity index is 458. The molecule has 1 amide bonds. The number of alkyl halides is 1. The van der Waals surface area contributed by atoms with Crippen LogP contribution in [-0.4, -0.2) is 42.5 Å². The zero-order chi connectivity index (χ0) is 13.1. The average molecular weight is 444 g/mol. The molecule has 0 aliphatic carbocycles. The molecule has 0 aromatic heterocycles. The highest BCUT2D eigenvalue weighted by Gasteiger charge is 2.25. The predicted molar refractivity (Wildman–Crippen MR) is 83.2 cm³/mol. The molecule has 1 aromatic rings. The third kappa shape index (κ3) is 3.37. The van der Waals surface area contributed by atoms with E-state index in [4.69, 9.17) is 16.3 Å². The van der Waals surface area contributed by atoms with Gasteiger partial charge >= 0.3 is 0 Å². The van der Waals surface area contributed by atoms with Crippen LogP contribution in [0.4, 0.5) is 0 Å². The molecule has 0 spiro atoms. The predicted octanol–water partition coefficient (Wildman–Crippen LogP) is 3.13. The summed E-state index contributed by atoms with van der Waals surface area (Å²) in [6.07, 6.45) is -0.0640. The van der Waals surface area contributed by atoms with Crippen LogP contribution in [0.1, 0.15) is 10.4 Å². The van der Waals surface area contributed by atoms with E-state index in [1.54, 1.807) is 4.90 Å². The Labute approximate surface area is 133 Å². The monoisotopic (exact) mass is 443 g/mol. The van der Waals surface area contributed by atoms with Crippen molar-refractivity contribution in [3.05, 3.63) is 31.8 Å². The van der Waals surface area contributed by atoms with E-state index in [-0.39, 0.29) is 12.0 Å². The number of carbonyl (C=O) groups excluding carboxylic acids is 1. The van der Waals surface area contributed by atoms with Crippen molar-refractivity contribution in [1.82, 2.24) is 4.90 Å². The summed E-state index contributed by atoms with van der Waals surface area (Å²) in [7, 11) is 0. The minimum Gasteiger partial charge on any atom is -0.373 e. The van der Waals surface area contributed by atoms with Gasteiger partial charge in [-0.25, -0.2) is 0 Å². The first-order valence-corrected chi connectivity index (χ1v) is 7.94. The maximum absolute atomic E-state index is 12.4. The Morgan fingerprint density at radius 3 is 3.11 bits per heavy atom. The Balaban J connectivity index is 2.17. The van der Waals surface area contributed by atoms with Crippen LogP contribution in [0.15, 0.2) is 22.7 Å². The number of rotatable bonds is 2. The minimum absolute atomic E-state index is 0.0267. The maximum atomic E-state index is 12.4. The fraction of sp³-hybridized carbons (Fsp3) is 0.417. The first-order chi connectivity index (χ1) is 8.61. The Morgan fingerprint density at radius 2 is 2.39 bits per heavy atom. The van der Waals surface area contributed by atoms with Crippen molar-refractivity contribution in [2.45, 2.75) is 6.10 Å². The smallest absolute Gasteiger partial charge is 0.255 e. The molecular formula is C12H12BrClINO2. The summed E-state index contributed by atoms with van der Waals surface area (Å²) in [6.45, 7) is 1.72. The third-order valence-electron chi connectivity index (χ3n) is 2.76. The molecule has 0 radical (unpaired) electrons. The van der Waals surface area contributed by atoms with E-state index in [1.165, 1.54) is 0 Å². The molecule has 1 atom stereocenters. The van der Waals surface area contributed by atoms with Crippen LogP contribution in [0.25, 0.3) is 0 Å². The molecular weight excluding hydrogens is 432 g/mol. The lowest BCUT2D eigenvalue weighted by atomic mass is 10.2. The molecule has 1 fully saturated rings. The molecule has 2 rings (SSSR count). The van der Waals surface area contributed by atoms with Crippen molar-refractivity contribution in [2.75, 3.05) is 25.6 Å². The molecule has 0 bridgehead atoms. The minimum atomic E-state index is -0.0640. The highest BCUT2D eigenvalue weighted by molar-refractivity contribution is 14.1. The second-order valence-electron chi connectivity index (χ2n) is 4.02. The molecule has 1 heterocycles. The van der Waals surface area contributed by atoms with Crippen LogP contribution in [0.3, 0.4) is 0 Å². The van der Waals surface area contributed by atoms with E-state index in [9.17, 15) is 4.79 Å². The van der Waals surface area contributed by atoms with Gasteiger partial charge in [-0.1, -0.05) is 0 Å². The van der Waals surface area contributed by atoms with E-state index in [1.807, 2.05) is 18.2 Å². The lowest BCUT2D eigenvalue weighted by Crippen LogP contribution is -2.46. The molecule has 18 heavy (non-hydrogen) atoms. The van der Waals surface area contributed by atoms with Gasteiger partial charge in [0.2, 0.25) is 0 Å². The number of morpholine rings is 1. The molecule has 1 aliphatic rings. The summed E-state index contributed by atoms with van der Waals surface area (Å²) in [5, 5.41) is 0. The second-order valence-corrected chi connectivity index (χ2v) is 6.43. The lowest BCUT2D eigenvalue weighted by Gasteiger charge is -2.32. The first kappa shape index (κ1) is 14.6. The van der Waals surface area contributed by atoms with Gasteiger partial charge in [0.15, 0.2) is 0 Å².